The van der Waals surface area contributed by atoms with E-state index in [1.54, 1.807) is 24.3 Å². The summed E-state index contributed by atoms with van der Waals surface area (Å²) >= 11 is 5.09. The minimum absolute atomic E-state index is 1.04. The maximum Gasteiger partial charge on any atom is 0.0507 e. The molecule has 0 saturated carbocycles. The highest BCUT2D eigenvalue weighted by atomic mass is 79.9. The quantitative estimate of drug-likeness (QED) is 0.730. The summed E-state index contributed by atoms with van der Waals surface area (Å²) in [6.07, 6.45) is 3.59. The van der Waals surface area contributed by atoms with E-state index in [1.165, 1.54) is 4.90 Å². The van der Waals surface area contributed by atoms with Crippen LogP contribution in [0.3, 0.4) is 0 Å². The molecule has 0 amide bonds. The maximum atomic E-state index is 3.97. The second-order valence-corrected chi connectivity index (χ2v) is 4.42. The van der Waals surface area contributed by atoms with Crippen LogP contribution in [0.25, 0.3) is 0 Å². The summed E-state index contributed by atoms with van der Waals surface area (Å²) in [5.74, 6) is 0. The van der Waals surface area contributed by atoms with E-state index in [4.69, 9.17) is 0 Å². The molecule has 1 aromatic heterocycles. The largest absolute Gasteiger partial charge is 0.263 e. The Morgan fingerprint density at radius 1 is 1.55 bits per heavy atom. The molecule has 4 heteroatoms. The van der Waals surface area contributed by atoms with Gasteiger partial charge in [0.2, 0.25) is 0 Å². The van der Waals surface area contributed by atoms with Crippen molar-refractivity contribution in [2.24, 2.45) is 0 Å². The molecule has 60 valence electrons. The zero-order valence-electron chi connectivity index (χ0n) is 6.41. The van der Waals surface area contributed by atoms with Gasteiger partial charge in [-0.3, -0.25) is 9.29 Å². The average Bonchev–Trinajstić information content (AvgIpc) is 1.93. The SMILES string of the molecule is CN(C)Sc1ccncc1Br. The van der Waals surface area contributed by atoms with Crippen molar-refractivity contribution in [3.05, 3.63) is 22.9 Å². The molecule has 0 aliphatic heterocycles. The van der Waals surface area contributed by atoms with E-state index in [2.05, 4.69) is 20.9 Å². The summed E-state index contributed by atoms with van der Waals surface area (Å²) in [5.41, 5.74) is 0. The Balaban J connectivity index is 2.78. The summed E-state index contributed by atoms with van der Waals surface area (Å²) < 4.78 is 3.08. The number of hydrogen-bond donors (Lipinski definition) is 0. The van der Waals surface area contributed by atoms with Crippen LogP contribution in [-0.2, 0) is 0 Å². The first-order valence-corrected chi connectivity index (χ1v) is 4.71. The number of halogens is 1. The van der Waals surface area contributed by atoms with Crippen LogP contribution >= 0.6 is 27.9 Å². The second kappa shape index (κ2) is 4.09. The van der Waals surface area contributed by atoms with Crippen LogP contribution < -0.4 is 0 Å². The van der Waals surface area contributed by atoms with Gasteiger partial charge in [-0.1, -0.05) is 0 Å². The molecule has 0 spiro atoms. The van der Waals surface area contributed by atoms with Gasteiger partial charge in [0.15, 0.2) is 0 Å². The molecule has 2 nitrogen and oxygen atoms in total. The molecule has 0 aliphatic rings. The van der Waals surface area contributed by atoms with Crippen LogP contribution in [0.1, 0.15) is 0 Å². The van der Waals surface area contributed by atoms with Crippen molar-refractivity contribution >= 4 is 27.9 Å². The van der Waals surface area contributed by atoms with Crippen molar-refractivity contribution in [3.8, 4) is 0 Å². The van der Waals surface area contributed by atoms with Crippen molar-refractivity contribution in [1.29, 1.82) is 0 Å². The maximum absolute atomic E-state index is 3.97. The van der Waals surface area contributed by atoms with Crippen molar-refractivity contribution in [2.75, 3.05) is 14.1 Å². The fourth-order valence-corrected chi connectivity index (χ4v) is 1.76. The smallest absolute Gasteiger partial charge is 0.0507 e. The van der Waals surface area contributed by atoms with Gasteiger partial charge in [-0.25, -0.2) is 0 Å². The lowest BCUT2D eigenvalue weighted by Gasteiger charge is -2.08. The summed E-state index contributed by atoms with van der Waals surface area (Å²) in [7, 11) is 4.02. The molecule has 0 saturated heterocycles. The Morgan fingerprint density at radius 3 is 2.82 bits per heavy atom. The first-order chi connectivity index (χ1) is 5.20. The third-order valence-corrected chi connectivity index (χ3v) is 2.83. The number of nitrogens with zero attached hydrogens (tertiary/aromatic N) is 2. The summed E-state index contributed by atoms with van der Waals surface area (Å²) in [6, 6.07) is 1.98. The number of hydrogen-bond acceptors (Lipinski definition) is 3. The predicted molar refractivity (Wildman–Crippen MR) is 51.5 cm³/mol. The second-order valence-electron chi connectivity index (χ2n) is 2.21. The first-order valence-electron chi connectivity index (χ1n) is 3.15. The highest BCUT2D eigenvalue weighted by Gasteiger charge is 1.99. The van der Waals surface area contributed by atoms with Crippen molar-refractivity contribution in [2.45, 2.75) is 4.90 Å². The fourth-order valence-electron chi connectivity index (χ4n) is 0.633. The molecular weight excluding hydrogens is 224 g/mol. The Bertz CT molecular complexity index is 240. The van der Waals surface area contributed by atoms with Crippen molar-refractivity contribution < 1.29 is 0 Å². The van der Waals surface area contributed by atoms with E-state index in [-0.39, 0.29) is 0 Å². The Morgan fingerprint density at radius 2 is 2.27 bits per heavy atom. The molecule has 0 unspecified atom stereocenters. The Kier molecular flexibility index (Phi) is 3.36. The van der Waals surface area contributed by atoms with Gasteiger partial charge >= 0.3 is 0 Å². The van der Waals surface area contributed by atoms with Gasteiger partial charge < -0.3 is 0 Å². The van der Waals surface area contributed by atoms with Gasteiger partial charge in [0.25, 0.3) is 0 Å². The van der Waals surface area contributed by atoms with Crippen molar-refractivity contribution in [3.63, 3.8) is 0 Å². The van der Waals surface area contributed by atoms with Crippen LogP contribution in [-0.4, -0.2) is 23.4 Å². The van der Waals surface area contributed by atoms with Crippen molar-refractivity contribution in [1.82, 2.24) is 9.29 Å². The lowest BCUT2D eigenvalue weighted by atomic mass is 10.5. The molecule has 1 rings (SSSR count). The zero-order valence-corrected chi connectivity index (χ0v) is 8.82. The molecule has 1 aromatic rings. The third-order valence-electron chi connectivity index (χ3n) is 1.02. The number of pyridine rings is 1. The Labute approximate surface area is 79.3 Å². The number of aromatic nitrogens is 1. The average molecular weight is 233 g/mol. The van der Waals surface area contributed by atoms with Crippen LogP contribution in [0.2, 0.25) is 0 Å². The van der Waals surface area contributed by atoms with Crippen LogP contribution in [0.4, 0.5) is 0 Å². The molecule has 0 aromatic carbocycles. The van der Waals surface area contributed by atoms with Crippen LogP contribution in [0.15, 0.2) is 27.8 Å². The topological polar surface area (TPSA) is 16.1 Å². The normalized spacial score (nSPS) is 10.5. The van der Waals surface area contributed by atoms with Crippen LogP contribution in [0, 0.1) is 0 Å². The monoisotopic (exact) mass is 232 g/mol. The molecule has 0 radical (unpaired) electrons. The van der Waals surface area contributed by atoms with E-state index < -0.39 is 0 Å². The third kappa shape index (κ3) is 2.81. The minimum Gasteiger partial charge on any atom is -0.263 e. The van der Waals surface area contributed by atoms with Gasteiger partial charge in [-0.15, -0.1) is 0 Å². The van der Waals surface area contributed by atoms with E-state index in [0.717, 1.165) is 4.47 Å². The molecule has 0 bridgehead atoms. The van der Waals surface area contributed by atoms with E-state index in [1.807, 2.05) is 24.5 Å². The zero-order chi connectivity index (χ0) is 8.27. The highest BCUT2D eigenvalue weighted by Crippen LogP contribution is 2.26. The molecule has 0 atom stereocenters. The van der Waals surface area contributed by atoms with Gasteiger partial charge in [0, 0.05) is 17.3 Å². The fraction of sp³-hybridized carbons (Fsp3) is 0.286. The molecule has 11 heavy (non-hydrogen) atoms. The van der Waals surface area contributed by atoms with E-state index in [0.29, 0.717) is 0 Å². The van der Waals surface area contributed by atoms with Gasteiger partial charge in [0.05, 0.1) is 4.47 Å². The molecule has 0 aliphatic carbocycles. The van der Waals surface area contributed by atoms with Gasteiger partial charge in [-0.05, 0) is 48.0 Å². The Hall–Kier alpha value is -0.0600. The summed E-state index contributed by atoms with van der Waals surface area (Å²) in [6.45, 7) is 0. The molecule has 0 N–H and O–H groups in total. The van der Waals surface area contributed by atoms with Gasteiger partial charge in [0.1, 0.15) is 0 Å². The minimum atomic E-state index is 1.04. The van der Waals surface area contributed by atoms with Crippen LogP contribution in [0.5, 0.6) is 0 Å². The molecular formula is C7H9BrN2S. The number of rotatable bonds is 2. The standard InChI is InChI=1S/C7H9BrN2S/c1-10(2)11-7-3-4-9-5-6(7)8/h3-5H,1-2H3. The lowest BCUT2D eigenvalue weighted by Crippen LogP contribution is -1.98. The highest BCUT2D eigenvalue weighted by molar-refractivity contribution is 9.10. The van der Waals surface area contributed by atoms with E-state index in [9.17, 15) is 0 Å². The summed E-state index contributed by atoms with van der Waals surface area (Å²) in [5, 5.41) is 0. The molecule has 0 fully saturated rings. The molecule has 1 heterocycles. The predicted octanol–water partition coefficient (Wildman–Crippen LogP) is 2.41. The van der Waals surface area contributed by atoms with E-state index >= 15 is 0 Å². The lowest BCUT2D eigenvalue weighted by molar-refractivity contribution is 0.702. The summed E-state index contributed by atoms with van der Waals surface area (Å²) in [4.78, 5) is 5.16. The van der Waals surface area contributed by atoms with Gasteiger partial charge in [-0.2, -0.15) is 0 Å². The first kappa shape index (κ1) is 9.03.